The molecule has 0 saturated carbocycles. The Hall–Kier alpha value is -4.15. The van der Waals surface area contributed by atoms with E-state index in [1.54, 1.807) is 0 Å². The fraction of sp³-hybridized carbons (Fsp3) is 0.156. The number of carbonyl (C=O) groups excluding carboxylic acids is 1. The third kappa shape index (κ3) is 4.32. The van der Waals surface area contributed by atoms with Crippen molar-refractivity contribution in [3.63, 3.8) is 0 Å². The molecule has 0 bridgehead atoms. The zero-order valence-corrected chi connectivity index (χ0v) is 20.2. The highest BCUT2D eigenvalue weighted by atomic mass is 16.5. The summed E-state index contributed by atoms with van der Waals surface area (Å²) in [7, 11) is 1.34. The topological polar surface area (TPSA) is 55.8 Å². The van der Waals surface area contributed by atoms with E-state index in [9.17, 15) is 9.90 Å². The van der Waals surface area contributed by atoms with Gasteiger partial charge >= 0.3 is 5.97 Å². The predicted molar refractivity (Wildman–Crippen MR) is 141 cm³/mol. The normalized spacial score (nSPS) is 16.5. The zero-order chi connectivity index (χ0) is 25.0. The van der Waals surface area contributed by atoms with Crippen LogP contribution in [0.4, 0.5) is 0 Å². The summed E-state index contributed by atoms with van der Waals surface area (Å²) in [6.07, 6.45) is 1.79. The van der Waals surface area contributed by atoms with Gasteiger partial charge in [0.1, 0.15) is 11.4 Å². The molecule has 1 N–H and O–H groups in total. The van der Waals surface area contributed by atoms with Crippen LogP contribution < -0.4 is 4.74 Å². The molecule has 1 aliphatic carbocycles. The maximum Gasteiger partial charge on any atom is 0.338 e. The Kier molecular flexibility index (Phi) is 6.70. The van der Waals surface area contributed by atoms with Crippen LogP contribution in [-0.4, -0.2) is 24.8 Å². The summed E-state index contributed by atoms with van der Waals surface area (Å²) in [4.78, 5) is 13.2. The van der Waals surface area contributed by atoms with Crippen LogP contribution in [0, 0.1) is 0 Å². The molecule has 0 spiro atoms. The summed E-state index contributed by atoms with van der Waals surface area (Å²) in [5.41, 5.74) is 3.28. The van der Waals surface area contributed by atoms with E-state index in [0.29, 0.717) is 29.1 Å². The summed E-state index contributed by atoms with van der Waals surface area (Å²) in [5.74, 6) is 0.0800. The number of methoxy groups -OCH3 is 1. The fourth-order valence-corrected chi connectivity index (χ4v) is 4.93. The van der Waals surface area contributed by atoms with E-state index in [2.05, 4.69) is 12.1 Å². The highest BCUT2D eigenvalue weighted by molar-refractivity contribution is 6.08. The van der Waals surface area contributed by atoms with E-state index in [-0.39, 0.29) is 5.57 Å². The minimum atomic E-state index is -1.68. The summed E-state index contributed by atoms with van der Waals surface area (Å²) in [6, 6.07) is 34.9. The number of fused-ring (bicyclic) bond motifs is 1. The number of rotatable bonds is 8. The molecule has 1 unspecified atom stereocenters. The number of hydrogen-bond acceptors (Lipinski definition) is 4. The molecule has 5 rings (SSSR count). The van der Waals surface area contributed by atoms with Gasteiger partial charge in [0.05, 0.1) is 19.3 Å². The van der Waals surface area contributed by atoms with Crippen LogP contribution in [0.25, 0.3) is 5.57 Å². The molecule has 0 aliphatic heterocycles. The largest absolute Gasteiger partial charge is 0.494 e. The second-order valence-electron chi connectivity index (χ2n) is 8.83. The highest BCUT2D eigenvalue weighted by Crippen LogP contribution is 2.52. The molecule has 1 aliphatic rings. The van der Waals surface area contributed by atoms with Gasteiger partial charge in [-0.1, -0.05) is 97.1 Å². The molecular weight excluding hydrogens is 448 g/mol. The number of esters is 1. The molecule has 4 nitrogen and oxygen atoms in total. The number of aryl methyl sites for hydroxylation is 1. The number of ether oxygens (including phenoxy) is 2. The number of benzene rings is 4. The van der Waals surface area contributed by atoms with Gasteiger partial charge in [-0.2, -0.15) is 0 Å². The first-order chi connectivity index (χ1) is 17.6. The van der Waals surface area contributed by atoms with E-state index >= 15 is 0 Å². The van der Waals surface area contributed by atoms with E-state index in [0.717, 1.165) is 24.0 Å². The highest BCUT2D eigenvalue weighted by Gasteiger charge is 2.49. The van der Waals surface area contributed by atoms with Gasteiger partial charge in [0, 0.05) is 11.1 Å². The summed E-state index contributed by atoms with van der Waals surface area (Å²) >= 11 is 0. The molecule has 0 radical (unpaired) electrons. The van der Waals surface area contributed by atoms with Gasteiger partial charge in [-0.15, -0.1) is 0 Å². The fourth-order valence-electron chi connectivity index (χ4n) is 4.93. The molecule has 0 heterocycles. The molecule has 0 fully saturated rings. The van der Waals surface area contributed by atoms with Gasteiger partial charge < -0.3 is 14.6 Å². The van der Waals surface area contributed by atoms with Crippen LogP contribution >= 0.6 is 0 Å². The van der Waals surface area contributed by atoms with E-state index in [1.807, 2.05) is 97.1 Å². The molecule has 1 atom stereocenters. The number of aliphatic hydroxyl groups is 1. The molecule has 0 saturated heterocycles. The van der Waals surface area contributed by atoms with Gasteiger partial charge in [-0.3, -0.25) is 0 Å². The van der Waals surface area contributed by atoms with Crippen LogP contribution in [0.5, 0.6) is 5.75 Å². The van der Waals surface area contributed by atoms with Crippen LogP contribution in [0.2, 0.25) is 0 Å². The monoisotopic (exact) mass is 476 g/mol. The second kappa shape index (κ2) is 10.2. The Morgan fingerprint density at radius 3 is 2.14 bits per heavy atom. The van der Waals surface area contributed by atoms with Crippen molar-refractivity contribution < 1.29 is 19.4 Å². The quantitative estimate of drug-likeness (QED) is 0.253. The molecule has 36 heavy (non-hydrogen) atoms. The van der Waals surface area contributed by atoms with Gasteiger partial charge in [0.15, 0.2) is 0 Å². The van der Waals surface area contributed by atoms with Crippen molar-refractivity contribution in [2.24, 2.45) is 0 Å². The lowest BCUT2D eigenvalue weighted by molar-refractivity contribution is -0.138. The van der Waals surface area contributed by atoms with Crippen molar-refractivity contribution in [3.8, 4) is 5.75 Å². The van der Waals surface area contributed by atoms with Crippen molar-refractivity contribution in [1.82, 2.24) is 0 Å². The lowest BCUT2D eigenvalue weighted by Gasteiger charge is -2.28. The second-order valence-corrected chi connectivity index (χ2v) is 8.83. The smallest absolute Gasteiger partial charge is 0.338 e. The van der Waals surface area contributed by atoms with Crippen molar-refractivity contribution in [2.75, 3.05) is 13.7 Å². The van der Waals surface area contributed by atoms with Crippen LogP contribution in [0.15, 0.2) is 115 Å². The third-order valence-corrected chi connectivity index (χ3v) is 6.63. The Morgan fingerprint density at radius 1 is 0.833 bits per heavy atom. The minimum absolute atomic E-state index is 0.207. The molecule has 0 amide bonds. The number of hydrogen-bond donors (Lipinski definition) is 1. The Balaban J connectivity index is 1.55. The maximum absolute atomic E-state index is 13.2. The predicted octanol–water partition coefficient (Wildman–Crippen LogP) is 5.92. The van der Waals surface area contributed by atoms with Gasteiger partial charge in [-0.25, -0.2) is 4.79 Å². The molecule has 4 aromatic carbocycles. The summed E-state index contributed by atoms with van der Waals surface area (Å²) in [5, 5.41) is 12.3. The van der Waals surface area contributed by atoms with E-state index in [1.165, 1.54) is 12.7 Å². The molecule has 4 aromatic rings. The minimum Gasteiger partial charge on any atom is -0.494 e. The first kappa shape index (κ1) is 23.6. The molecule has 4 heteroatoms. The lowest BCUT2D eigenvalue weighted by atomic mass is 9.83. The lowest BCUT2D eigenvalue weighted by Crippen LogP contribution is -2.32. The maximum atomic E-state index is 13.2. The molecular formula is C32H28O4. The van der Waals surface area contributed by atoms with Gasteiger partial charge in [-0.05, 0) is 47.2 Å². The Morgan fingerprint density at radius 2 is 1.47 bits per heavy atom. The van der Waals surface area contributed by atoms with Gasteiger partial charge in [0.25, 0.3) is 0 Å². The summed E-state index contributed by atoms with van der Waals surface area (Å²) < 4.78 is 11.3. The molecule has 0 aromatic heterocycles. The van der Waals surface area contributed by atoms with Crippen LogP contribution in [0.3, 0.4) is 0 Å². The Labute approximate surface area is 211 Å². The van der Waals surface area contributed by atoms with Crippen molar-refractivity contribution in [3.05, 3.63) is 143 Å². The standard InChI is InChI=1S/C32H28O4/c1-35-31(33)30-29(24-15-7-3-8-16-24)27-20-19-26(36-21-11-14-23-12-5-2-6-13-23)22-28(27)32(30,34)25-17-9-4-10-18-25/h2-10,12-13,15-20,22,34H,11,14,21H2,1H3. The average Bonchev–Trinajstić information content (AvgIpc) is 3.21. The first-order valence-electron chi connectivity index (χ1n) is 12.1. The SMILES string of the molecule is COC(=O)C1=C(c2ccccc2)c2ccc(OCCCc3ccccc3)cc2C1(O)c1ccccc1. The molecule has 180 valence electrons. The first-order valence-corrected chi connectivity index (χ1v) is 12.1. The third-order valence-electron chi connectivity index (χ3n) is 6.63. The Bertz CT molecular complexity index is 1380. The van der Waals surface area contributed by atoms with E-state index < -0.39 is 11.6 Å². The van der Waals surface area contributed by atoms with Crippen molar-refractivity contribution >= 4 is 11.5 Å². The van der Waals surface area contributed by atoms with Crippen LogP contribution in [-0.2, 0) is 21.6 Å². The van der Waals surface area contributed by atoms with Crippen molar-refractivity contribution in [2.45, 2.75) is 18.4 Å². The van der Waals surface area contributed by atoms with Crippen LogP contribution in [0.1, 0.15) is 34.2 Å². The zero-order valence-electron chi connectivity index (χ0n) is 20.2. The average molecular weight is 477 g/mol. The van der Waals surface area contributed by atoms with E-state index in [4.69, 9.17) is 9.47 Å². The van der Waals surface area contributed by atoms with Crippen molar-refractivity contribution in [1.29, 1.82) is 0 Å². The summed E-state index contributed by atoms with van der Waals surface area (Å²) in [6.45, 7) is 0.542. The van der Waals surface area contributed by atoms with Gasteiger partial charge in [0.2, 0.25) is 0 Å². The number of carbonyl (C=O) groups is 1.